The molecule has 1 saturated carbocycles. The van der Waals surface area contributed by atoms with Gasteiger partial charge in [-0.05, 0) is 31.2 Å². The van der Waals surface area contributed by atoms with Crippen LogP contribution in [0, 0.1) is 11.8 Å². The minimum atomic E-state index is 0.489. The average molecular weight is 268 g/mol. The summed E-state index contributed by atoms with van der Waals surface area (Å²) in [4.78, 5) is 0. The van der Waals surface area contributed by atoms with E-state index in [4.69, 9.17) is 5.73 Å². The van der Waals surface area contributed by atoms with E-state index < -0.39 is 0 Å². The molecule has 2 unspecified atom stereocenters. The predicted molar refractivity (Wildman–Crippen MR) is 76.9 cm³/mol. The highest BCUT2D eigenvalue weighted by Crippen LogP contribution is 2.28. The molecule has 1 aliphatic rings. The quantitative estimate of drug-likeness (QED) is 0.861. The Balaban J connectivity index is 1.93. The first-order chi connectivity index (χ1) is 8.69. The Morgan fingerprint density at radius 3 is 2.83 bits per heavy atom. The van der Waals surface area contributed by atoms with Crippen molar-refractivity contribution >= 4 is 16.5 Å². The van der Waals surface area contributed by atoms with Crippen LogP contribution in [-0.4, -0.2) is 22.8 Å². The summed E-state index contributed by atoms with van der Waals surface area (Å²) in [6.07, 6.45) is 6.08. The van der Waals surface area contributed by atoms with Crippen molar-refractivity contribution in [3.05, 3.63) is 5.01 Å². The molecule has 5 heteroatoms. The smallest absolute Gasteiger partial charge is 0.205 e. The molecular formula is C13H24N4S. The van der Waals surface area contributed by atoms with E-state index in [0.717, 1.165) is 23.1 Å². The van der Waals surface area contributed by atoms with Crippen molar-refractivity contribution in [1.82, 2.24) is 10.2 Å². The molecule has 0 saturated heterocycles. The Labute approximate surface area is 113 Å². The fourth-order valence-corrected chi connectivity index (χ4v) is 3.60. The second kappa shape index (κ2) is 6.48. The van der Waals surface area contributed by atoms with Crippen LogP contribution in [0.4, 0.5) is 5.13 Å². The summed E-state index contributed by atoms with van der Waals surface area (Å²) in [6.45, 7) is 5.19. The zero-order chi connectivity index (χ0) is 13.0. The van der Waals surface area contributed by atoms with Crippen molar-refractivity contribution in [2.24, 2.45) is 17.6 Å². The number of aromatic nitrogens is 2. The molecule has 1 aromatic heterocycles. The predicted octanol–water partition coefficient (Wildman–Crippen LogP) is 2.67. The molecule has 4 nitrogen and oxygen atoms in total. The molecule has 18 heavy (non-hydrogen) atoms. The maximum Gasteiger partial charge on any atom is 0.205 e. The highest BCUT2D eigenvalue weighted by molar-refractivity contribution is 7.15. The summed E-state index contributed by atoms with van der Waals surface area (Å²) < 4.78 is 0. The minimum Gasteiger partial charge on any atom is -0.357 e. The molecule has 2 rings (SSSR count). The summed E-state index contributed by atoms with van der Waals surface area (Å²) in [6, 6.07) is 0.489. The normalized spacial score (nSPS) is 24.4. The van der Waals surface area contributed by atoms with E-state index in [1.807, 2.05) is 0 Å². The maximum atomic E-state index is 5.85. The molecule has 0 radical (unpaired) electrons. The first-order valence-electron chi connectivity index (χ1n) is 6.98. The van der Waals surface area contributed by atoms with Crippen molar-refractivity contribution < 1.29 is 0 Å². The summed E-state index contributed by atoms with van der Waals surface area (Å²) in [5.74, 6) is 1.23. The van der Waals surface area contributed by atoms with E-state index in [2.05, 4.69) is 29.4 Å². The van der Waals surface area contributed by atoms with Gasteiger partial charge in [-0.1, -0.05) is 38.0 Å². The first-order valence-corrected chi connectivity index (χ1v) is 7.79. The molecule has 2 atom stereocenters. The number of hydrogen-bond acceptors (Lipinski definition) is 5. The van der Waals surface area contributed by atoms with Crippen LogP contribution in [-0.2, 0) is 6.42 Å². The third kappa shape index (κ3) is 3.65. The first kappa shape index (κ1) is 13.7. The van der Waals surface area contributed by atoms with Gasteiger partial charge in [-0.25, -0.2) is 0 Å². The van der Waals surface area contributed by atoms with Crippen LogP contribution < -0.4 is 11.1 Å². The zero-order valence-electron chi connectivity index (χ0n) is 11.4. The van der Waals surface area contributed by atoms with Gasteiger partial charge in [0.1, 0.15) is 5.01 Å². The Kier molecular flexibility index (Phi) is 4.95. The standard InChI is InChI=1S/C13H24N4S/c1-9(2)7-12-16-17-13(18-12)15-11-6-4-3-5-10(11)8-14/h9-11H,3-8,14H2,1-2H3,(H,15,17). The maximum absolute atomic E-state index is 5.85. The number of hydrogen-bond donors (Lipinski definition) is 2. The van der Waals surface area contributed by atoms with Gasteiger partial charge in [0.05, 0.1) is 0 Å². The Morgan fingerprint density at radius 2 is 2.11 bits per heavy atom. The molecule has 3 N–H and O–H groups in total. The molecule has 0 amide bonds. The second-order valence-electron chi connectivity index (χ2n) is 5.63. The summed E-state index contributed by atoms with van der Waals surface area (Å²) in [5, 5.41) is 14.1. The number of nitrogens with zero attached hydrogens (tertiary/aromatic N) is 2. The Morgan fingerprint density at radius 1 is 1.33 bits per heavy atom. The zero-order valence-corrected chi connectivity index (χ0v) is 12.2. The largest absolute Gasteiger partial charge is 0.357 e. The molecule has 1 aromatic rings. The highest BCUT2D eigenvalue weighted by Gasteiger charge is 2.24. The lowest BCUT2D eigenvalue weighted by Gasteiger charge is -2.30. The monoisotopic (exact) mass is 268 g/mol. The lowest BCUT2D eigenvalue weighted by molar-refractivity contribution is 0.332. The van der Waals surface area contributed by atoms with Crippen molar-refractivity contribution in [2.45, 2.75) is 52.0 Å². The summed E-state index contributed by atoms with van der Waals surface area (Å²) in [5.41, 5.74) is 5.85. The molecule has 0 aromatic carbocycles. The minimum absolute atomic E-state index is 0.489. The fourth-order valence-electron chi connectivity index (χ4n) is 2.58. The van der Waals surface area contributed by atoms with E-state index in [0.29, 0.717) is 17.9 Å². The number of rotatable bonds is 5. The van der Waals surface area contributed by atoms with E-state index in [1.165, 1.54) is 25.7 Å². The van der Waals surface area contributed by atoms with Crippen molar-refractivity contribution in [1.29, 1.82) is 0 Å². The molecule has 0 bridgehead atoms. The van der Waals surface area contributed by atoms with Gasteiger partial charge in [0.2, 0.25) is 5.13 Å². The van der Waals surface area contributed by atoms with Gasteiger partial charge in [-0.2, -0.15) is 0 Å². The van der Waals surface area contributed by atoms with Crippen LogP contribution in [0.25, 0.3) is 0 Å². The van der Waals surface area contributed by atoms with E-state index in [1.54, 1.807) is 11.3 Å². The van der Waals surface area contributed by atoms with Crippen molar-refractivity contribution in [2.75, 3.05) is 11.9 Å². The van der Waals surface area contributed by atoms with Crippen LogP contribution in [0.3, 0.4) is 0 Å². The van der Waals surface area contributed by atoms with Gasteiger partial charge in [0.15, 0.2) is 0 Å². The highest BCUT2D eigenvalue weighted by atomic mass is 32.1. The Hall–Kier alpha value is -0.680. The van der Waals surface area contributed by atoms with Crippen LogP contribution in [0.15, 0.2) is 0 Å². The number of nitrogens with two attached hydrogens (primary N) is 1. The third-order valence-corrected chi connectivity index (χ3v) is 4.45. The lowest BCUT2D eigenvalue weighted by Crippen LogP contribution is -2.36. The summed E-state index contributed by atoms with van der Waals surface area (Å²) in [7, 11) is 0. The molecule has 1 aliphatic carbocycles. The van der Waals surface area contributed by atoms with Gasteiger partial charge in [0.25, 0.3) is 0 Å². The van der Waals surface area contributed by atoms with Crippen LogP contribution in [0.5, 0.6) is 0 Å². The topological polar surface area (TPSA) is 63.8 Å². The van der Waals surface area contributed by atoms with E-state index in [9.17, 15) is 0 Å². The molecule has 1 fully saturated rings. The van der Waals surface area contributed by atoms with E-state index in [-0.39, 0.29) is 0 Å². The van der Waals surface area contributed by atoms with E-state index >= 15 is 0 Å². The van der Waals surface area contributed by atoms with Crippen LogP contribution in [0.2, 0.25) is 0 Å². The molecule has 0 aliphatic heterocycles. The van der Waals surface area contributed by atoms with Gasteiger partial charge in [-0.3, -0.25) is 0 Å². The molecule has 102 valence electrons. The second-order valence-corrected chi connectivity index (χ2v) is 6.69. The average Bonchev–Trinajstić information content (AvgIpc) is 2.76. The number of nitrogens with one attached hydrogen (secondary N) is 1. The number of anilines is 1. The van der Waals surface area contributed by atoms with Crippen molar-refractivity contribution in [3.63, 3.8) is 0 Å². The van der Waals surface area contributed by atoms with Crippen LogP contribution in [0.1, 0.15) is 44.5 Å². The van der Waals surface area contributed by atoms with Gasteiger partial charge < -0.3 is 11.1 Å². The van der Waals surface area contributed by atoms with Gasteiger partial charge in [0, 0.05) is 12.5 Å². The van der Waals surface area contributed by atoms with Crippen LogP contribution >= 0.6 is 11.3 Å². The molecule has 0 spiro atoms. The van der Waals surface area contributed by atoms with Crippen molar-refractivity contribution in [3.8, 4) is 0 Å². The SMILES string of the molecule is CC(C)Cc1nnc(NC2CCCCC2CN)s1. The van der Waals surface area contributed by atoms with Gasteiger partial charge in [-0.15, -0.1) is 10.2 Å². The lowest BCUT2D eigenvalue weighted by atomic mass is 9.85. The molecular weight excluding hydrogens is 244 g/mol. The molecule has 1 heterocycles. The fraction of sp³-hybridized carbons (Fsp3) is 0.846. The van der Waals surface area contributed by atoms with Gasteiger partial charge >= 0.3 is 0 Å². The Bertz CT molecular complexity index is 364. The third-order valence-electron chi connectivity index (χ3n) is 3.57. The summed E-state index contributed by atoms with van der Waals surface area (Å²) >= 11 is 1.69.